The maximum Gasteiger partial charge on any atom is 0.221 e. The molecule has 4 aromatic rings. The summed E-state index contributed by atoms with van der Waals surface area (Å²) in [5, 5.41) is 23.7. The number of hydrogen-bond donors (Lipinski definition) is 2. The second kappa shape index (κ2) is 8.99. The molecule has 0 saturated carbocycles. The Hall–Kier alpha value is -3.03. The van der Waals surface area contributed by atoms with Gasteiger partial charge in [-0.2, -0.15) is 0 Å². The van der Waals surface area contributed by atoms with Gasteiger partial charge in [-0.1, -0.05) is 64.5 Å². The molecule has 4 rings (SSSR count). The number of aromatic nitrogens is 1. The molecule has 7 heteroatoms. The van der Waals surface area contributed by atoms with Gasteiger partial charge in [-0.3, -0.25) is 0 Å². The Labute approximate surface area is 194 Å². The van der Waals surface area contributed by atoms with Crippen molar-refractivity contribution in [3.8, 4) is 5.88 Å². The number of fused-ring (bicyclic) bond motifs is 1. The predicted octanol–water partition coefficient (Wildman–Crippen LogP) is 7.26. The summed E-state index contributed by atoms with van der Waals surface area (Å²) in [5.74, 6) is 0.0515. The van der Waals surface area contributed by atoms with Gasteiger partial charge < -0.3 is 15.0 Å². The summed E-state index contributed by atoms with van der Waals surface area (Å²) in [6.07, 6.45) is 0. The van der Waals surface area contributed by atoms with E-state index in [-0.39, 0.29) is 11.0 Å². The molecule has 3 aromatic carbocycles. The third-order valence-electron chi connectivity index (χ3n) is 5.11. The van der Waals surface area contributed by atoms with Gasteiger partial charge in [-0.15, -0.1) is 10.2 Å². The highest BCUT2D eigenvalue weighted by molar-refractivity contribution is 9.10. The molecule has 0 saturated heterocycles. The summed E-state index contributed by atoms with van der Waals surface area (Å²) in [7, 11) is 0. The molecule has 0 aliphatic rings. The zero-order valence-corrected chi connectivity index (χ0v) is 19.5. The minimum Gasteiger partial charge on any atom is -0.493 e. The number of halogens is 1. The van der Waals surface area contributed by atoms with Crippen molar-refractivity contribution in [2.75, 3.05) is 5.32 Å². The topological polar surface area (TPSA) is 61.9 Å². The van der Waals surface area contributed by atoms with Crippen LogP contribution in [-0.4, -0.2) is 14.8 Å². The van der Waals surface area contributed by atoms with E-state index in [1.54, 1.807) is 0 Å². The molecule has 31 heavy (non-hydrogen) atoms. The molecular formula is C24H21BrN4OS. The average molecular weight is 493 g/mol. The summed E-state index contributed by atoms with van der Waals surface area (Å²) in [6, 6.07) is 21.8. The Bertz CT molecular complexity index is 1280. The first-order chi connectivity index (χ1) is 14.9. The van der Waals surface area contributed by atoms with Crippen LogP contribution in [0.25, 0.3) is 10.9 Å². The van der Waals surface area contributed by atoms with Gasteiger partial charge in [-0.25, -0.2) is 0 Å². The maximum atomic E-state index is 11.0. The van der Waals surface area contributed by atoms with Gasteiger partial charge in [0.2, 0.25) is 11.0 Å². The van der Waals surface area contributed by atoms with Crippen molar-refractivity contribution >= 4 is 55.5 Å². The van der Waals surface area contributed by atoms with Gasteiger partial charge in [0, 0.05) is 15.5 Å². The van der Waals surface area contributed by atoms with Crippen molar-refractivity contribution in [1.82, 2.24) is 4.57 Å². The molecule has 1 heterocycles. The van der Waals surface area contributed by atoms with Crippen LogP contribution in [0.2, 0.25) is 0 Å². The molecule has 0 aliphatic heterocycles. The third kappa shape index (κ3) is 4.52. The van der Waals surface area contributed by atoms with Crippen LogP contribution in [0.5, 0.6) is 5.88 Å². The largest absolute Gasteiger partial charge is 0.493 e. The Morgan fingerprint density at radius 3 is 2.45 bits per heavy atom. The highest BCUT2D eigenvalue weighted by Crippen LogP contribution is 2.40. The van der Waals surface area contributed by atoms with Crippen LogP contribution in [0.15, 0.2) is 81.4 Å². The molecule has 0 atom stereocenters. The van der Waals surface area contributed by atoms with E-state index in [1.807, 2.05) is 85.1 Å². The highest BCUT2D eigenvalue weighted by Gasteiger charge is 2.17. The van der Waals surface area contributed by atoms with Gasteiger partial charge in [-0.05, 0) is 61.0 Å². The zero-order chi connectivity index (χ0) is 22.0. The fraction of sp³-hybridized carbons (Fsp3) is 0.125. The number of nitrogens with zero attached hydrogens (tertiary/aromatic N) is 3. The normalized spacial score (nSPS) is 11.3. The summed E-state index contributed by atoms with van der Waals surface area (Å²) in [6.45, 7) is 4.54. The molecule has 156 valence electrons. The van der Waals surface area contributed by atoms with E-state index in [1.165, 1.54) is 0 Å². The van der Waals surface area contributed by atoms with Crippen LogP contribution in [0, 0.1) is 13.8 Å². The Morgan fingerprint density at radius 1 is 1.03 bits per heavy atom. The SMILES string of the molecule is Cc1cccc(C)c1NC(=S)N=Nc1c(O)n(Cc2ccccc2)c2ccc(Br)cc12. The van der Waals surface area contributed by atoms with Gasteiger partial charge in [0.15, 0.2) is 5.69 Å². The van der Waals surface area contributed by atoms with Gasteiger partial charge in [0.05, 0.1) is 12.1 Å². The standard InChI is InChI=1S/C24H21BrN4OS/c1-15-7-6-8-16(2)21(15)26-24(31)28-27-22-19-13-18(25)11-12-20(19)29(23(22)30)14-17-9-4-3-5-10-17/h3-13,30H,14H2,1-2H3,(H,26,31). The highest BCUT2D eigenvalue weighted by atomic mass is 79.9. The van der Waals surface area contributed by atoms with Crippen LogP contribution in [0.1, 0.15) is 16.7 Å². The molecule has 1 aromatic heterocycles. The summed E-state index contributed by atoms with van der Waals surface area (Å²) >= 11 is 8.89. The van der Waals surface area contributed by atoms with Crippen molar-refractivity contribution in [3.05, 3.63) is 87.9 Å². The second-order valence-electron chi connectivity index (χ2n) is 7.30. The molecule has 0 aliphatic carbocycles. The lowest BCUT2D eigenvalue weighted by Crippen LogP contribution is -2.07. The fourth-order valence-electron chi connectivity index (χ4n) is 3.56. The van der Waals surface area contributed by atoms with Gasteiger partial charge in [0.25, 0.3) is 0 Å². The van der Waals surface area contributed by atoms with Crippen LogP contribution in [0.3, 0.4) is 0 Å². The molecule has 0 bridgehead atoms. The van der Waals surface area contributed by atoms with Gasteiger partial charge in [0.1, 0.15) is 0 Å². The lowest BCUT2D eigenvalue weighted by Gasteiger charge is -2.10. The zero-order valence-electron chi connectivity index (χ0n) is 17.1. The first-order valence-corrected chi connectivity index (χ1v) is 11.0. The Balaban J connectivity index is 1.69. The Morgan fingerprint density at radius 2 is 1.74 bits per heavy atom. The van der Waals surface area contributed by atoms with E-state index in [2.05, 4.69) is 31.5 Å². The summed E-state index contributed by atoms with van der Waals surface area (Å²) in [5.41, 5.74) is 5.40. The molecule has 5 nitrogen and oxygen atoms in total. The molecule has 0 amide bonds. The number of azo groups is 1. The average Bonchev–Trinajstić information content (AvgIpc) is 3.00. The molecule has 2 N–H and O–H groups in total. The lowest BCUT2D eigenvalue weighted by atomic mass is 10.1. The number of nitrogens with one attached hydrogen (secondary N) is 1. The van der Waals surface area contributed by atoms with E-state index in [0.717, 1.165) is 37.8 Å². The molecule has 0 radical (unpaired) electrons. The number of benzene rings is 3. The van der Waals surface area contributed by atoms with Crippen molar-refractivity contribution in [2.24, 2.45) is 10.2 Å². The number of aromatic hydroxyl groups is 1. The summed E-state index contributed by atoms with van der Waals surface area (Å²) < 4.78 is 2.72. The molecule has 0 unspecified atom stereocenters. The van der Waals surface area contributed by atoms with Crippen LogP contribution in [0.4, 0.5) is 11.4 Å². The van der Waals surface area contributed by atoms with E-state index < -0.39 is 0 Å². The van der Waals surface area contributed by atoms with E-state index in [0.29, 0.717) is 12.2 Å². The second-order valence-corrected chi connectivity index (χ2v) is 8.60. The van der Waals surface area contributed by atoms with E-state index in [4.69, 9.17) is 12.2 Å². The maximum absolute atomic E-state index is 11.0. The number of thiocarbonyl (C=S) groups is 1. The predicted molar refractivity (Wildman–Crippen MR) is 133 cm³/mol. The molecular weight excluding hydrogens is 472 g/mol. The third-order valence-corrected chi connectivity index (χ3v) is 5.79. The first kappa shape index (κ1) is 21.2. The van der Waals surface area contributed by atoms with Crippen LogP contribution >= 0.6 is 28.1 Å². The summed E-state index contributed by atoms with van der Waals surface area (Å²) in [4.78, 5) is 0. The number of rotatable bonds is 4. The monoisotopic (exact) mass is 492 g/mol. The minimum absolute atomic E-state index is 0.0515. The molecule has 0 spiro atoms. The number of anilines is 1. The van der Waals surface area contributed by atoms with Crippen molar-refractivity contribution in [1.29, 1.82) is 0 Å². The van der Waals surface area contributed by atoms with Gasteiger partial charge >= 0.3 is 0 Å². The molecule has 0 fully saturated rings. The van der Waals surface area contributed by atoms with E-state index in [9.17, 15) is 5.11 Å². The van der Waals surface area contributed by atoms with Crippen molar-refractivity contribution in [3.63, 3.8) is 0 Å². The minimum atomic E-state index is 0.0515. The number of para-hydroxylation sites is 1. The smallest absolute Gasteiger partial charge is 0.221 e. The fourth-order valence-corrected chi connectivity index (χ4v) is 4.06. The van der Waals surface area contributed by atoms with Crippen LogP contribution in [-0.2, 0) is 6.54 Å². The van der Waals surface area contributed by atoms with Crippen molar-refractivity contribution < 1.29 is 5.11 Å². The Kier molecular flexibility index (Phi) is 6.15. The van der Waals surface area contributed by atoms with E-state index >= 15 is 0 Å². The number of aryl methyl sites for hydroxylation is 2. The quantitative estimate of drug-likeness (QED) is 0.232. The van der Waals surface area contributed by atoms with Crippen molar-refractivity contribution in [2.45, 2.75) is 20.4 Å². The first-order valence-electron chi connectivity index (χ1n) is 9.77. The number of hydrogen-bond acceptors (Lipinski definition) is 3. The van der Waals surface area contributed by atoms with Crippen LogP contribution < -0.4 is 5.32 Å². The lowest BCUT2D eigenvalue weighted by molar-refractivity contribution is 0.429.